The highest BCUT2D eigenvalue weighted by Crippen LogP contribution is 2.43. The van der Waals surface area contributed by atoms with E-state index in [1.807, 2.05) is 0 Å². The third-order valence-electron chi connectivity index (χ3n) is 9.74. The van der Waals surface area contributed by atoms with Gasteiger partial charge in [-0.2, -0.15) is 0 Å². The predicted molar refractivity (Wildman–Crippen MR) is 237 cm³/mol. The largest absolute Gasteiger partial charge is 0.472 e. The standard InChI is InChI=1S/C47H87O9P/c1-3-5-7-9-11-13-15-17-19-20-21-22-23-24-25-26-28-30-32-34-36-38-40-53-43-46(44-55-57(51,52)54-42-45(49)41-48)56-47(50)39-37-35-33-31-29-27-18-16-14-12-10-8-6-4-2/h10,12,15-18,20-21,45-46,48-49H,3-9,11,13-14,19,22-44H2,1-2H3,(H,51,52)/b12-10-,17-15-,18-16-,21-20-. The van der Waals surface area contributed by atoms with Crippen molar-refractivity contribution in [3.8, 4) is 0 Å². The molecule has 3 unspecified atom stereocenters. The van der Waals surface area contributed by atoms with Gasteiger partial charge in [0.05, 0.1) is 26.4 Å². The van der Waals surface area contributed by atoms with Gasteiger partial charge in [-0.15, -0.1) is 0 Å². The Balaban J connectivity index is 4.12. The molecule has 334 valence electrons. The fraction of sp³-hybridized carbons (Fsp3) is 0.809. The molecule has 0 fully saturated rings. The van der Waals surface area contributed by atoms with Gasteiger partial charge in [-0.05, 0) is 70.6 Å². The molecule has 3 N–H and O–H groups in total. The average Bonchev–Trinajstić information content (AvgIpc) is 3.20. The van der Waals surface area contributed by atoms with Crippen molar-refractivity contribution in [3.63, 3.8) is 0 Å². The first-order chi connectivity index (χ1) is 27.8. The highest BCUT2D eigenvalue weighted by atomic mass is 31.2. The Labute approximate surface area is 349 Å². The van der Waals surface area contributed by atoms with E-state index < -0.39 is 39.2 Å². The molecule has 0 aromatic heterocycles. The monoisotopic (exact) mass is 827 g/mol. The van der Waals surface area contributed by atoms with Gasteiger partial charge in [0.1, 0.15) is 12.2 Å². The van der Waals surface area contributed by atoms with Crippen molar-refractivity contribution < 1.29 is 43.0 Å². The molecule has 0 saturated heterocycles. The second-order valence-corrected chi connectivity index (χ2v) is 16.9. The molecule has 10 heteroatoms. The first kappa shape index (κ1) is 55.4. The van der Waals surface area contributed by atoms with Crippen LogP contribution in [0.4, 0.5) is 0 Å². The van der Waals surface area contributed by atoms with Crippen molar-refractivity contribution in [2.45, 2.75) is 212 Å². The molecule has 0 bridgehead atoms. The summed E-state index contributed by atoms with van der Waals surface area (Å²) in [4.78, 5) is 22.6. The lowest BCUT2D eigenvalue weighted by molar-refractivity contribution is -0.154. The molecule has 3 atom stereocenters. The van der Waals surface area contributed by atoms with Crippen LogP contribution in [0.5, 0.6) is 0 Å². The number of hydrogen-bond donors (Lipinski definition) is 3. The number of aliphatic hydroxyl groups excluding tert-OH is 2. The van der Waals surface area contributed by atoms with E-state index >= 15 is 0 Å². The summed E-state index contributed by atoms with van der Waals surface area (Å²) in [6.07, 6.45) is 49.3. The molecule has 0 saturated carbocycles. The van der Waals surface area contributed by atoms with Crippen molar-refractivity contribution in [2.75, 3.05) is 33.0 Å². The van der Waals surface area contributed by atoms with Gasteiger partial charge in [-0.25, -0.2) is 4.57 Å². The Bertz CT molecular complexity index is 1030. The van der Waals surface area contributed by atoms with Gasteiger partial charge in [0, 0.05) is 13.0 Å². The molecule has 0 aliphatic heterocycles. The van der Waals surface area contributed by atoms with E-state index in [4.69, 9.17) is 23.6 Å². The number of ether oxygens (including phenoxy) is 2. The van der Waals surface area contributed by atoms with Crippen LogP contribution in [0.25, 0.3) is 0 Å². The number of esters is 1. The number of phosphoric ester groups is 1. The molecule has 0 radical (unpaired) electrons. The minimum Gasteiger partial charge on any atom is -0.457 e. The highest BCUT2D eigenvalue weighted by molar-refractivity contribution is 7.47. The van der Waals surface area contributed by atoms with E-state index in [-0.39, 0.29) is 19.6 Å². The van der Waals surface area contributed by atoms with Crippen molar-refractivity contribution >= 4 is 13.8 Å². The van der Waals surface area contributed by atoms with E-state index in [1.54, 1.807) is 0 Å². The maximum absolute atomic E-state index is 12.6. The summed E-state index contributed by atoms with van der Waals surface area (Å²) in [5.74, 6) is -0.398. The lowest BCUT2D eigenvalue weighted by Crippen LogP contribution is -2.29. The Hall–Kier alpha value is -1.58. The zero-order valence-corrected chi connectivity index (χ0v) is 37.4. The lowest BCUT2D eigenvalue weighted by atomic mass is 10.1. The van der Waals surface area contributed by atoms with E-state index in [0.29, 0.717) is 13.0 Å². The van der Waals surface area contributed by atoms with Gasteiger partial charge in [0.15, 0.2) is 0 Å². The molecular weight excluding hydrogens is 739 g/mol. The van der Waals surface area contributed by atoms with Crippen LogP contribution >= 0.6 is 7.82 Å². The minimum atomic E-state index is -4.52. The molecule has 0 aromatic rings. The van der Waals surface area contributed by atoms with Crippen LogP contribution in [-0.4, -0.2) is 66.3 Å². The van der Waals surface area contributed by atoms with Gasteiger partial charge >= 0.3 is 13.8 Å². The zero-order valence-electron chi connectivity index (χ0n) is 36.6. The average molecular weight is 827 g/mol. The Morgan fingerprint density at radius 2 is 0.965 bits per heavy atom. The third-order valence-corrected chi connectivity index (χ3v) is 10.7. The summed E-state index contributed by atoms with van der Waals surface area (Å²) in [5, 5.41) is 18.4. The maximum Gasteiger partial charge on any atom is 0.472 e. The molecule has 0 aromatic carbocycles. The van der Waals surface area contributed by atoms with Crippen molar-refractivity contribution in [3.05, 3.63) is 48.6 Å². The summed E-state index contributed by atoms with van der Waals surface area (Å²) in [7, 11) is -4.52. The SMILES string of the molecule is CCCC/C=C\C/C=C\CCCCCCCC(=O)OC(COCCCCCCCCCCCC/C=C\C/C=C\CCCCCCC)COP(=O)(O)OCC(O)CO. The topological polar surface area (TPSA) is 132 Å². The smallest absolute Gasteiger partial charge is 0.457 e. The number of carbonyl (C=O) groups excluding carboxylic acids is 1. The van der Waals surface area contributed by atoms with Crippen LogP contribution in [0.2, 0.25) is 0 Å². The number of carbonyl (C=O) groups is 1. The first-order valence-electron chi connectivity index (χ1n) is 23.1. The van der Waals surface area contributed by atoms with Crippen LogP contribution in [0.15, 0.2) is 48.6 Å². The van der Waals surface area contributed by atoms with Crippen LogP contribution in [0, 0.1) is 0 Å². The summed E-state index contributed by atoms with van der Waals surface area (Å²) in [5.41, 5.74) is 0. The summed E-state index contributed by atoms with van der Waals surface area (Å²) >= 11 is 0. The van der Waals surface area contributed by atoms with Crippen LogP contribution in [0.3, 0.4) is 0 Å². The van der Waals surface area contributed by atoms with Gasteiger partial charge in [0.2, 0.25) is 0 Å². The predicted octanol–water partition coefficient (Wildman–Crippen LogP) is 13.0. The molecule has 0 spiro atoms. The highest BCUT2D eigenvalue weighted by Gasteiger charge is 2.26. The first-order valence-corrected chi connectivity index (χ1v) is 24.6. The second kappa shape index (κ2) is 44.0. The van der Waals surface area contributed by atoms with Crippen molar-refractivity contribution in [1.29, 1.82) is 0 Å². The van der Waals surface area contributed by atoms with Crippen LogP contribution < -0.4 is 0 Å². The summed E-state index contributed by atoms with van der Waals surface area (Å²) in [6.45, 7) is 3.45. The molecular formula is C47H87O9P. The maximum atomic E-state index is 12.6. The van der Waals surface area contributed by atoms with E-state index in [9.17, 15) is 19.4 Å². The Morgan fingerprint density at radius 1 is 0.544 bits per heavy atom. The number of phosphoric acid groups is 1. The number of unbranched alkanes of at least 4 members (excludes halogenated alkanes) is 22. The molecule has 9 nitrogen and oxygen atoms in total. The van der Waals surface area contributed by atoms with Crippen molar-refractivity contribution in [1.82, 2.24) is 0 Å². The minimum absolute atomic E-state index is 0.0408. The molecule has 0 aliphatic rings. The third kappa shape index (κ3) is 43.8. The Kier molecular flexibility index (Phi) is 42.8. The van der Waals surface area contributed by atoms with Crippen molar-refractivity contribution in [2.24, 2.45) is 0 Å². The number of aliphatic hydroxyl groups is 2. The zero-order chi connectivity index (χ0) is 41.8. The fourth-order valence-electron chi connectivity index (χ4n) is 6.17. The summed E-state index contributed by atoms with van der Waals surface area (Å²) in [6, 6.07) is 0. The molecule has 0 aliphatic carbocycles. The Morgan fingerprint density at radius 3 is 1.46 bits per heavy atom. The molecule has 0 amide bonds. The fourth-order valence-corrected chi connectivity index (χ4v) is 6.96. The van der Waals surface area contributed by atoms with Gasteiger partial charge < -0.3 is 24.6 Å². The van der Waals surface area contributed by atoms with E-state index in [0.717, 1.165) is 70.6 Å². The van der Waals surface area contributed by atoms with Gasteiger partial charge in [-0.1, -0.05) is 172 Å². The van der Waals surface area contributed by atoms with Gasteiger partial charge in [0.25, 0.3) is 0 Å². The van der Waals surface area contributed by atoms with E-state index in [1.165, 1.54) is 103 Å². The quantitative estimate of drug-likeness (QED) is 0.0238. The lowest BCUT2D eigenvalue weighted by Gasteiger charge is -2.20. The number of hydrogen-bond acceptors (Lipinski definition) is 8. The molecule has 0 rings (SSSR count). The molecule has 0 heterocycles. The summed E-state index contributed by atoms with van der Waals surface area (Å²) < 4.78 is 33.4. The van der Waals surface area contributed by atoms with E-state index in [2.05, 4.69) is 62.5 Å². The molecule has 57 heavy (non-hydrogen) atoms. The number of allylic oxidation sites excluding steroid dienone is 8. The van der Waals surface area contributed by atoms with Gasteiger partial charge in [-0.3, -0.25) is 13.8 Å². The normalized spacial score (nSPS) is 14.4. The second-order valence-electron chi connectivity index (χ2n) is 15.4. The van der Waals surface area contributed by atoms with Crippen LogP contribution in [0.1, 0.15) is 200 Å². The number of rotatable bonds is 44. The van der Waals surface area contributed by atoms with Crippen LogP contribution in [-0.2, 0) is 27.9 Å².